The predicted octanol–water partition coefficient (Wildman–Crippen LogP) is 8.80. The number of aryl methyl sites for hydroxylation is 1. The molecular formula is C37H43ClN6O3. The van der Waals surface area contributed by atoms with E-state index in [0.29, 0.717) is 33.9 Å². The van der Waals surface area contributed by atoms with Gasteiger partial charge in [0.1, 0.15) is 11.6 Å². The highest BCUT2D eigenvalue weighted by molar-refractivity contribution is 6.32. The molecule has 3 aromatic carbocycles. The highest BCUT2D eigenvalue weighted by atomic mass is 35.5. The van der Waals surface area contributed by atoms with Gasteiger partial charge in [-0.1, -0.05) is 62.2 Å². The minimum absolute atomic E-state index is 0.0672. The van der Waals surface area contributed by atoms with E-state index in [9.17, 15) is 9.59 Å². The molecule has 2 aliphatic rings. The number of hydrogen-bond acceptors (Lipinski definition) is 4. The number of piperidine rings is 1. The number of amides is 4. The summed E-state index contributed by atoms with van der Waals surface area (Å²) in [5.74, 6) is 1.68. The van der Waals surface area contributed by atoms with Crippen LogP contribution in [0.3, 0.4) is 0 Å². The lowest BCUT2D eigenvalue weighted by atomic mass is 9.86. The molecule has 3 N–H and O–H groups in total. The molecule has 0 spiro atoms. The van der Waals surface area contributed by atoms with Gasteiger partial charge in [0.15, 0.2) is 0 Å². The van der Waals surface area contributed by atoms with Crippen LogP contribution in [0.2, 0.25) is 5.02 Å². The van der Waals surface area contributed by atoms with Crippen molar-refractivity contribution in [1.29, 1.82) is 0 Å². The average molecular weight is 655 g/mol. The fraction of sp³-hybridized carbons (Fsp3) is 0.378. The van der Waals surface area contributed by atoms with Gasteiger partial charge in [-0.15, -0.1) is 0 Å². The first-order valence-corrected chi connectivity index (χ1v) is 16.6. The first kappa shape index (κ1) is 32.4. The van der Waals surface area contributed by atoms with Crippen LogP contribution in [0.25, 0.3) is 5.69 Å². The highest BCUT2D eigenvalue weighted by Gasteiger charge is 2.43. The van der Waals surface area contributed by atoms with E-state index in [1.54, 1.807) is 23.9 Å². The third-order valence-corrected chi connectivity index (χ3v) is 9.50. The van der Waals surface area contributed by atoms with Crippen LogP contribution < -0.4 is 20.7 Å². The van der Waals surface area contributed by atoms with Crippen LogP contribution in [0.1, 0.15) is 63.3 Å². The molecule has 246 valence electrons. The van der Waals surface area contributed by atoms with Crippen molar-refractivity contribution in [2.45, 2.75) is 77.3 Å². The third kappa shape index (κ3) is 7.41. The molecule has 4 aromatic rings. The minimum atomic E-state index is -0.328. The largest absolute Gasteiger partial charge is 0.495 e. The Balaban J connectivity index is 1.04. The second kappa shape index (κ2) is 13.3. The summed E-state index contributed by atoms with van der Waals surface area (Å²) >= 11 is 6.26. The van der Waals surface area contributed by atoms with Crippen molar-refractivity contribution in [3.63, 3.8) is 0 Å². The number of aromatic nitrogens is 2. The van der Waals surface area contributed by atoms with Crippen LogP contribution in [0, 0.1) is 12.8 Å². The number of carbonyl (C=O) groups excluding carboxylic acids is 2. The Hall–Kier alpha value is -4.50. The van der Waals surface area contributed by atoms with Gasteiger partial charge in [0, 0.05) is 34.9 Å². The Kier molecular flexibility index (Phi) is 9.19. The lowest BCUT2D eigenvalue weighted by Crippen LogP contribution is -2.48. The summed E-state index contributed by atoms with van der Waals surface area (Å²) in [6.45, 7) is 8.35. The van der Waals surface area contributed by atoms with Crippen LogP contribution in [0.15, 0.2) is 72.8 Å². The van der Waals surface area contributed by atoms with Gasteiger partial charge in [-0.3, -0.25) is 5.32 Å². The molecule has 0 saturated carbocycles. The summed E-state index contributed by atoms with van der Waals surface area (Å²) in [4.78, 5) is 28.4. The molecule has 9 nitrogen and oxygen atoms in total. The van der Waals surface area contributed by atoms with Crippen molar-refractivity contribution < 1.29 is 14.3 Å². The summed E-state index contributed by atoms with van der Waals surface area (Å²) < 4.78 is 7.00. The number of benzene rings is 3. The molecule has 47 heavy (non-hydrogen) atoms. The Morgan fingerprint density at radius 3 is 2.17 bits per heavy atom. The van der Waals surface area contributed by atoms with E-state index in [4.69, 9.17) is 21.4 Å². The molecule has 0 aliphatic carbocycles. The van der Waals surface area contributed by atoms with E-state index < -0.39 is 0 Å². The van der Waals surface area contributed by atoms with Crippen molar-refractivity contribution in [2.75, 3.05) is 23.1 Å². The fourth-order valence-corrected chi connectivity index (χ4v) is 7.03. The number of fused-ring (bicyclic) bond motifs is 2. The Labute approximate surface area is 281 Å². The maximum atomic E-state index is 13.2. The van der Waals surface area contributed by atoms with E-state index >= 15 is 0 Å². The van der Waals surface area contributed by atoms with Gasteiger partial charge < -0.3 is 20.3 Å². The standard InChI is InChI=1S/C37H43ClN6O3/c1-23-6-13-28(14-7-23)44-34(22-33(42-44)37(2,3)4)41-35(45)39-26-10-8-24(9-11-26)18-25-19-29-15-16-30(20-25)43(29)36(46)40-27-12-17-32(47-5)31(38)21-27/h6-14,17,21-22,25,29-30H,15-16,18-20H2,1-5H3,(H,40,46)(H2,39,41,45). The summed E-state index contributed by atoms with van der Waals surface area (Å²) in [6, 6.07) is 23.4. The number of carbonyl (C=O) groups is 2. The van der Waals surface area contributed by atoms with Crippen LogP contribution in [-0.4, -0.2) is 45.9 Å². The third-order valence-electron chi connectivity index (χ3n) is 9.20. The second-order valence-corrected chi connectivity index (χ2v) is 14.2. The zero-order valence-corrected chi connectivity index (χ0v) is 28.4. The molecule has 2 aliphatic heterocycles. The minimum Gasteiger partial charge on any atom is -0.495 e. The smallest absolute Gasteiger partial charge is 0.324 e. The normalized spacial score (nSPS) is 18.9. The number of nitrogens with zero attached hydrogens (tertiary/aromatic N) is 3. The second-order valence-electron chi connectivity index (χ2n) is 13.8. The summed E-state index contributed by atoms with van der Waals surface area (Å²) in [5, 5.41) is 14.3. The van der Waals surface area contributed by atoms with Crippen LogP contribution >= 0.6 is 11.6 Å². The van der Waals surface area contributed by atoms with E-state index in [-0.39, 0.29) is 29.6 Å². The molecule has 2 saturated heterocycles. The van der Waals surface area contributed by atoms with Crippen molar-refractivity contribution in [1.82, 2.24) is 14.7 Å². The van der Waals surface area contributed by atoms with Gasteiger partial charge in [-0.25, -0.2) is 14.3 Å². The lowest BCUT2D eigenvalue weighted by Gasteiger charge is -2.39. The van der Waals surface area contributed by atoms with Gasteiger partial charge >= 0.3 is 12.1 Å². The molecule has 10 heteroatoms. The van der Waals surface area contributed by atoms with Crippen LogP contribution in [-0.2, 0) is 11.8 Å². The van der Waals surface area contributed by atoms with E-state index in [0.717, 1.165) is 49.0 Å². The molecule has 2 bridgehead atoms. The molecule has 0 radical (unpaired) electrons. The zero-order chi connectivity index (χ0) is 33.3. The zero-order valence-electron chi connectivity index (χ0n) is 27.6. The predicted molar refractivity (Wildman–Crippen MR) is 188 cm³/mol. The monoisotopic (exact) mass is 654 g/mol. The van der Waals surface area contributed by atoms with Crippen molar-refractivity contribution in [2.24, 2.45) is 5.92 Å². The molecule has 1 aromatic heterocycles. The van der Waals surface area contributed by atoms with Gasteiger partial charge in [0.2, 0.25) is 0 Å². The molecule has 2 unspecified atom stereocenters. The molecule has 2 fully saturated rings. The average Bonchev–Trinajstić information content (AvgIpc) is 3.57. The maximum absolute atomic E-state index is 13.2. The van der Waals surface area contributed by atoms with E-state index in [1.165, 1.54) is 5.56 Å². The summed E-state index contributed by atoms with van der Waals surface area (Å²) in [5.41, 5.74) is 5.36. The highest BCUT2D eigenvalue weighted by Crippen LogP contribution is 2.40. The van der Waals surface area contributed by atoms with Crippen LogP contribution in [0.5, 0.6) is 5.75 Å². The number of halogens is 1. The molecular weight excluding hydrogens is 612 g/mol. The Morgan fingerprint density at radius 1 is 0.894 bits per heavy atom. The first-order valence-electron chi connectivity index (χ1n) is 16.2. The SMILES string of the molecule is COc1ccc(NC(=O)N2C3CCC2CC(Cc2ccc(NC(=O)Nc4cc(C(C)(C)C)nn4-c4ccc(C)cc4)cc2)C3)cc1Cl. The fourth-order valence-electron chi connectivity index (χ4n) is 6.78. The van der Waals surface area contributed by atoms with Crippen molar-refractivity contribution >= 4 is 40.9 Å². The maximum Gasteiger partial charge on any atom is 0.324 e. The van der Waals surface area contributed by atoms with Crippen LogP contribution in [0.4, 0.5) is 26.8 Å². The lowest BCUT2D eigenvalue weighted by molar-refractivity contribution is 0.131. The topological polar surface area (TPSA) is 101 Å². The van der Waals surface area contributed by atoms with Gasteiger partial charge in [-0.2, -0.15) is 5.10 Å². The number of methoxy groups -OCH3 is 1. The number of nitrogens with one attached hydrogen (secondary N) is 3. The number of ether oxygens (including phenoxy) is 1. The summed E-state index contributed by atoms with van der Waals surface area (Å²) in [6.07, 6.45) is 4.93. The molecule has 3 heterocycles. The molecule has 6 rings (SSSR count). The van der Waals surface area contributed by atoms with E-state index in [2.05, 4.69) is 48.9 Å². The number of rotatable bonds is 7. The van der Waals surface area contributed by atoms with Crippen molar-refractivity contribution in [3.05, 3.63) is 94.6 Å². The first-order chi connectivity index (χ1) is 22.5. The van der Waals surface area contributed by atoms with Gasteiger partial charge in [0.05, 0.1) is 23.5 Å². The quantitative estimate of drug-likeness (QED) is 0.185. The Morgan fingerprint density at radius 2 is 1.55 bits per heavy atom. The molecule has 2 atom stereocenters. The number of anilines is 3. The number of hydrogen-bond donors (Lipinski definition) is 3. The molecule has 4 amide bonds. The van der Waals surface area contributed by atoms with Crippen molar-refractivity contribution in [3.8, 4) is 11.4 Å². The number of urea groups is 2. The van der Waals surface area contributed by atoms with Gasteiger partial charge in [0.25, 0.3) is 0 Å². The van der Waals surface area contributed by atoms with E-state index in [1.807, 2.05) is 60.4 Å². The Bertz CT molecular complexity index is 1730. The summed E-state index contributed by atoms with van der Waals surface area (Å²) in [7, 11) is 1.57. The van der Waals surface area contributed by atoms with Gasteiger partial charge in [-0.05, 0) is 93.0 Å².